The summed E-state index contributed by atoms with van der Waals surface area (Å²) in [6.45, 7) is 0. The van der Waals surface area contributed by atoms with Crippen molar-refractivity contribution >= 4 is 11.9 Å². The highest BCUT2D eigenvalue weighted by molar-refractivity contribution is 5.89. The zero-order valence-electron chi connectivity index (χ0n) is 14.2. The molecule has 5 atom stereocenters. The zero-order chi connectivity index (χ0) is 17.3. The van der Waals surface area contributed by atoms with Crippen LogP contribution in [0.15, 0.2) is 30.3 Å². The lowest BCUT2D eigenvalue weighted by atomic mass is 9.87. The first-order valence-electron chi connectivity index (χ1n) is 8.15. The summed E-state index contributed by atoms with van der Waals surface area (Å²) in [5.41, 5.74) is 0.482. The van der Waals surface area contributed by atoms with Gasteiger partial charge >= 0.3 is 11.9 Å². The molecule has 6 heteroatoms. The van der Waals surface area contributed by atoms with E-state index in [0.29, 0.717) is 12.0 Å². The van der Waals surface area contributed by atoms with Crippen LogP contribution in [0.5, 0.6) is 0 Å². The van der Waals surface area contributed by atoms with E-state index >= 15 is 0 Å². The van der Waals surface area contributed by atoms with Crippen molar-refractivity contribution in [1.29, 1.82) is 0 Å². The molecule has 2 fully saturated rings. The third-order valence-corrected chi connectivity index (χ3v) is 5.25. The van der Waals surface area contributed by atoms with Gasteiger partial charge in [-0.15, -0.1) is 0 Å². The molecule has 1 aromatic carbocycles. The van der Waals surface area contributed by atoms with Gasteiger partial charge < -0.3 is 14.2 Å². The number of hydrogen-bond acceptors (Lipinski definition) is 6. The van der Waals surface area contributed by atoms with Crippen LogP contribution in [0, 0.1) is 5.92 Å². The van der Waals surface area contributed by atoms with Crippen molar-refractivity contribution in [2.75, 3.05) is 21.3 Å². The fourth-order valence-electron chi connectivity index (χ4n) is 4.03. The average Bonchev–Trinajstić information content (AvgIpc) is 2.81. The van der Waals surface area contributed by atoms with Gasteiger partial charge in [0.1, 0.15) is 12.0 Å². The molecule has 1 aromatic rings. The molecule has 0 radical (unpaired) electrons. The Hall–Kier alpha value is -1.92. The SMILES string of the molecule is COC(=O)[C@@H]1[C@@H]2[C@H](OC)C[C@H](C[C@H]1OC(=O)c1ccccc1)N2C. The molecular formula is C18H23NO5. The Labute approximate surface area is 141 Å². The van der Waals surface area contributed by atoms with E-state index in [1.165, 1.54) is 7.11 Å². The second-order valence-corrected chi connectivity index (χ2v) is 6.41. The van der Waals surface area contributed by atoms with Crippen molar-refractivity contribution < 1.29 is 23.8 Å². The van der Waals surface area contributed by atoms with Gasteiger partial charge in [0.25, 0.3) is 0 Å². The molecule has 24 heavy (non-hydrogen) atoms. The van der Waals surface area contributed by atoms with Gasteiger partial charge in [-0.05, 0) is 25.6 Å². The minimum atomic E-state index is -0.545. The number of nitrogens with zero attached hydrogens (tertiary/aromatic N) is 1. The van der Waals surface area contributed by atoms with E-state index in [-0.39, 0.29) is 24.2 Å². The van der Waals surface area contributed by atoms with E-state index < -0.39 is 18.0 Å². The summed E-state index contributed by atoms with van der Waals surface area (Å²) < 4.78 is 16.3. The first kappa shape index (κ1) is 16.9. The monoisotopic (exact) mass is 333 g/mol. The molecule has 0 amide bonds. The third kappa shape index (κ3) is 2.91. The number of hydrogen-bond donors (Lipinski definition) is 0. The van der Waals surface area contributed by atoms with Crippen molar-refractivity contribution in [2.45, 2.75) is 37.1 Å². The van der Waals surface area contributed by atoms with E-state index in [4.69, 9.17) is 14.2 Å². The maximum absolute atomic E-state index is 12.4. The number of likely N-dealkylation sites (N-methyl/N-ethyl adjacent to an activating group) is 1. The van der Waals surface area contributed by atoms with Gasteiger partial charge in [-0.1, -0.05) is 18.2 Å². The lowest BCUT2D eigenvalue weighted by Gasteiger charge is -2.41. The van der Waals surface area contributed by atoms with E-state index in [1.54, 1.807) is 31.4 Å². The van der Waals surface area contributed by atoms with Crippen molar-refractivity contribution in [2.24, 2.45) is 5.92 Å². The van der Waals surface area contributed by atoms with Gasteiger partial charge in [0.2, 0.25) is 0 Å². The molecule has 0 N–H and O–H groups in total. The molecule has 0 spiro atoms. The molecule has 2 aliphatic heterocycles. The van der Waals surface area contributed by atoms with Crippen molar-refractivity contribution in [1.82, 2.24) is 4.90 Å². The predicted molar refractivity (Wildman–Crippen MR) is 86.5 cm³/mol. The van der Waals surface area contributed by atoms with Crippen LogP contribution in [0.2, 0.25) is 0 Å². The highest BCUT2D eigenvalue weighted by Crippen LogP contribution is 2.41. The third-order valence-electron chi connectivity index (χ3n) is 5.25. The molecule has 2 saturated heterocycles. The normalized spacial score (nSPS) is 32.4. The first-order valence-corrected chi connectivity index (χ1v) is 8.15. The lowest BCUT2D eigenvalue weighted by molar-refractivity contribution is -0.158. The molecule has 2 aliphatic rings. The van der Waals surface area contributed by atoms with Crippen LogP contribution < -0.4 is 0 Å². The fourth-order valence-corrected chi connectivity index (χ4v) is 4.03. The minimum absolute atomic E-state index is 0.0653. The Morgan fingerprint density at radius 2 is 1.75 bits per heavy atom. The highest BCUT2D eigenvalue weighted by Gasteiger charge is 2.55. The van der Waals surface area contributed by atoms with E-state index in [1.807, 2.05) is 13.1 Å². The van der Waals surface area contributed by atoms with Crippen LogP contribution in [-0.2, 0) is 19.0 Å². The highest BCUT2D eigenvalue weighted by atomic mass is 16.6. The zero-order valence-corrected chi connectivity index (χ0v) is 14.2. The average molecular weight is 333 g/mol. The molecule has 6 nitrogen and oxygen atoms in total. The van der Waals surface area contributed by atoms with E-state index in [0.717, 1.165) is 6.42 Å². The molecule has 0 unspecified atom stereocenters. The number of piperidine rings is 1. The van der Waals surface area contributed by atoms with Crippen LogP contribution in [0.3, 0.4) is 0 Å². The Balaban J connectivity index is 1.84. The Kier molecular flexibility index (Phi) is 4.87. The second-order valence-electron chi connectivity index (χ2n) is 6.41. The quantitative estimate of drug-likeness (QED) is 0.778. The summed E-state index contributed by atoms with van der Waals surface area (Å²) in [6, 6.07) is 8.91. The molecule has 3 rings (SSSR count). The number of benzene rings is 1. The van der Waals surface area contributed by atoms with Crippen molar-refractivity contribution in [3.8, 4) is 0 Å². The molecular weight excluding hydrogens is 310 g/mol. The first-order chi connectivity index (χ1) is 11.6. The minimum Gasteiger partial charge on any atom is -0.469 e. The summed E-state index contributed by atoms with van der Waals surface area (Å²) in [4.78, 5) is 27.0. The van der Waals surface area contributed by atoms with Crippen molar-refractivity contribution in [3.05, 3.63) is 35.9 Å². The van der Waals surface area contributed by atoms with Crippen LogP contribution in [0.1, 0.15) is 23.2 Å². The maximum Gasteiger partial charge on any atom is 0.338 e. The lowest BCUT2D eigenvalue weighted by Crippen LogP contribution is -2.55. The van der Waals surface area contributed by atoms with E-state index in [2.05, 4.69) is 4.90 Å². The summed E-state index contributed by atoms with van der Waals surface area (Å²) in [5.74, 6) is -1.32. The number of esters is 2. The molecule has 2 bridgehead atoms. The number of ether oxygens (including phenoxy) is 3. The van der Waals surface area contributed by atoms with Crippen molar-refractivity contribution in [3.63, 3.8) is 0 Å². The topological polar surface area (TPSA) is 65.1 Å². The number of methoxy groups -OCH3 is 2. The molecule has 130 valence electrons. The van der Waals surface area contributed by atoms with Gasteiger partial charge in [-0.3, -0.25) is 9.69 Å². The largest absolute Gasteiger partial charge is 0.469 e. The summed E-state index contributed by atoms with van der Waals surface area (Å²) in [6.07, 6.45) is 0.858. The number of carbonyl (C=O) groups excluding carboxylic acids is 2. The van der Waals surface area contributed by atoms with Crippen LogP contribution >= 0.6 is 0 Å². The molecule has 0 aliphatic carbocycles. The van der Waals surface area contributed by atoms with Gasteiger partial charge in [-0.25, -0.2) is 4.79 Å². The van der Waals surface area contributed by atoms with Gasteiger partial charge in [0.05, 0.1) is 24.8 Å². The summed E-state index contributed by atoms with van der Waals surface area (Å²) >= 11 is 0. The van der Waals surface area contributed by atoms with Crippen LogP contribution in [0.25, 0.3) is 0 Å². The maximum atomic E-state index is 12.4. The summed E-state index contributed by atoms with van der Waals surface area (Å²) in [5, 5.41) is 0. The fraction of sp³-hybridized carbons (Fsp3) is 0.556. The van der Waals surface area contributed by atoms with Crippen LogP contribution in [-0.4, -0.2) is 62.4 Å². The van der Waals surface area contributed by atoms with Gasteiger partial charge in [0.15, 0.2) is 0 Å². The number of fused-ring (bicyclic) bond motifs is 2. The standard InChI is InChI=1S/C18H23NO5/c1-19-12-9-13(24-17(20)11-7-5-4-6-8-11)15(18(21)23-3)16(19)14(10-12)22-2/h4-8,12-16H,9-10H2,1-3H3/t12-,13+,14+,15-,16-/m0/s1. The summed E-state index contributed by atoms with van der Waals surface area (Å²) in [7, 11) is 5.00. The Bertz CT molecular complexity index is 605. The number of rotatable bonds is 4. The number of carbonyl (C=O) groups is 2. The molecule has 0 aromatic heterocycles. The van der Waals surface area contributed by atoms with E-state index in [9.17, 15) is 9.59 Å². The Morgan fingerprint density at radius 3 is 2.38 bits per heavy atom. The second kappa shape index (κ2) is 6.91. The molecule has 0 saturated carbocycles. The predicted octanol–water partition coefficient (Wildman–Crippen LogP) is 1.49. The smallest absolute Gasteiger partial charge is 0.338 e. The van der Waals surface area contributed by atoms with Crippen LogP contribution in [0.4, 0.5) is 0 Å². The molecule has 2 heterocycles. The van der Waals surface area contributed by atoms with Gasteiger partial charge in [0, 0.05) is 19.6 Å². The Morgan fingerprint density at radius 1 is 1.08 bits per heavy atom. The van der Waals surface area contributed by atoms with Gasteiger partial charge in [-0.2, -0.15) is 0 Å².